The van der Waals surface area contributed by atoms with Crippen molar-refractivity contribution in [1.29, 1.82) is 0 Å². The molecule has 0 bridgehead atoms. The van der Waals surface area contributed by atoms with Crippen molar-refractivity contribution < 1.29 is 22.6 Å². The fourth-order valence-electron chi connectivity index (χ4n) is 3.01. The van der Waals surface area contributed by atoms with Gasteiger partial charge in [0.05, 0.1) is 16.4 Å². The van der Waals surface area contributed by atoms with Gasteiger partial charge in [0.1, 0.15) is 19.3 Å². The van der Waals surface area contributed by atoms with Gasteiger partial charge in [0.15, 0.2) is 11.5 Å². The Morgan fingerprint density at radius 1 is 1.03 bits per heavy atom. The van der Waals surface area contributed by atoms with Gasteiger partial charge in [0.25, 0.3) is 0 Å². The summed E-state index contributed by atoms with van der Waals surface area (Å²) in [5.41, 5.74) is 1.10. The predicted molar refractivity (Wildman–Crippen MR) is 110 cm³/mol. The summed E-state index contributed by atoms with van der Waals surface area (Å²) < 4.78 is 42.9. The summed E-state index contributed by atoms with van der Waals surface area (Å²) in [6.07, 6.45) is 7.45. The van der Waals surface area contributed by atoms with E-state index in [1.807, 2.05) is 0 Å². The molecule has 2 unspecified atom stereocenters. The molecule has 5 nitrogen and oxygen atoms in total. The highest BCUT2D eigenvalue weighted by molar-refractivity contribution is 7.91. The summed E-state index contributed by atoms with van der Waals surface area (Å²) in [5.74, 6) is 1.47. The summed E-state index contributed by atoms with van der Waals surface area (Å²) in [5, 5.41) is 0. The number of hydrogen-bond acceptors (Lipinski definition) is 5. The summed E-state index contributed by atoms with van der Waals surface area (Å²) in [7, 11) is -3.63. The molecule has 0 saturated carbocycles. The van der Waals surface area contributed by atoms with E-state index in [4.69, 9.17) is 14.2 Å². The lowest BCUT2D eigenvalue weighted by atomic mass is 9.99. The Kier molecular flexibility index (Phi) is 5.74. The number of sulfone groups is 1. The van der Waals surface area contributed by atoms with Crippen LogP contribution in [0.25, 0.3) is 0 Å². The van der Waals surface area contributed by atoms with E-state index in [-0.39, 0.29) is 15.9 Å². The second kappa shape index (κ2) is 8.43. The van der Waals surface area contributed by atoms with E-state index in [9.17, 15) is 8.42 Å². The number of allylic oxidation sites excluding steroid dienone is 2. The Balaban J connectivity index is 1.57. The van der Waals surface area contributed by atoms with E-state index in [0.717, 1.165) is 12.0 Å². The fourth-order valence-corrected chi connectivity index (χ4v) is 4.31. The number of benzene rings is 2. The van der Waals surface area contributed by atoms with Crippen LogP contribution in [-0.2, 0) is 14.6 Å². The summed E-state index contributed by atoms with van der Waals surface area (Å²) in [6.45, 7) is 3.60. The zero-order valence-corrected chi connectivity index (χ0v) is 17.1. The molecule has 29 heavy (non-hydrogen) atoms. The molecule has 2 aliphatic rings. The highest BCUT2D eigenvalue weighted by Gasteiger charge is 2.25. The molecule has 0 aromatic heterocycles. The van der Waals surface area contributed by atoms with Crippen LogP contribution in [0.5, 0.6) is 11.5 Å². The van der Waals surface area contributed by atoms with E-state index in [1.54, 1.807) is 42.5 Å². The zero-order chi connectivity index (χ0) is 20.3. The van der Waals surface area contributed by atoms with Crippen LogP contribution in [0.1, 0.15) is 13.3 Å². The number of epoxide rings is 1. The first-order valence-electron chi connectivity index (χ1n) is 9.71. The van der Waals surface area contributed by atoms with E-state index < -0.39 is 9.84 Å². The summed E-state index contributed by atoms with van der Waals surface area (Å²) >= 11 is 0. The molecule has 152 valence electrons. The largest absolute Gasteiger partial charge is 0.487 e. The zero-order valence-electron chi connectivity index (χ0n) is 16.3. The fraction of sp³-hybridized carbons (Fsp3) is 0.304. The van der Waals surface area contributed by atoms with Crippen LogP contribution in [0.2, 0.25) is 0 Å². The van der Waals surface area contributed by atoms with Gasteiger partial charge >= 0.3 is 0 Å². The van der Waals surface area contributed by atoms with E-state index in [2.05, 4.69) is 25.2 Å². The molecule has 2 aromatic carbocycles. The maximum Gasteiger partial charge on any atom is 0.206 e. The Labute approximate surface area is 171 Å². The van der Waals surface area contributed by atoms with Gasteiger partial charge in [-0.2, -0.15) is 0 Å². The van der Waals surface area contributed by atoms with Crippen molar-refractivity contribution in [3.8, 4) is 11.5 Å². The van der Waals surface area contributed by atoms with Crippen LogP contribution in [-0.4, -0.2) is 34.3 Å². The lowest BCUT2D eigenvalue weighted by molar-refractivity contribution is 0.246. The molecule has 1 heterocycles. The molecule has 1 aliphatic heterocycles. The number of ether oxygens (including phenoxy) is 3. The Morgan fingerprint density at radius 2 is 1.83 bits per heavy atom. The molecule has 1 fully saturated rings. The topological polar surface area (TPSA) is 65.1 Å². The average Bonchev–Trinajstić information content (AvgIpc) is 3.57. The van der Waals surface area contributed by atoms with Crippen LogP contribution < -0.4 is 9.47 Å². The van der Waals surface area contributed by atoms with Crippen LogP contribution in [0.4, 0.5) is 0 Å². The Morgan fingerprint density at radius 3 is 2.52 bits per heavy atom. The third-order valence-electron chi connectivity index (χ3n) is 4.89. The van der Waals surface area contributed by atoms with Gasteiger partial charge in [-0.1, -0.05) is 43.4 Å². The molecule has 4 rings (SSSR count). The lowest BCUT2D eigenvalue weighted by Crippen LogP contribution is -2.09. The van der Waals surface area contributed by atoms with E-state index >= 15 is 0 Å². The number of rotatable bonds is 8. The van der Waals surface area contributed by atoms with Crippen LogP contribution >= 0.6 is 0 Å². The first-order chi connectivity index (χ1) is 14.0. The molecule has 0 radical (unpaired) electrons. The molecule has 1 saturated heterocycles. The highest BCUT2D eigenvalue weighted by Crippen LogP contribution is 2.33. The van der Waals surface area contributed by atoms with Crippen molar-refractivity contribution in [3.63, 3.8) is 0 Å². The van der Waals surface area contributed by atoms with Crippen LogP contribution in [0, 0.1) is 5.92 Å². The van der Waals surface area contributed by atoms with Crippen molar-refractivity contribution in [2.45, 2.75) is 29.2 Å². The second-order valence-electron chi connectivity index (χ2n) is 7.33. The normalized spacial score (nSPS) is 20.8. The molecule has 6 heteroatoms. The first-order valence-corrected chi connectivity index (χ1v) is 11.2. The van der Waals surface area contributed by atoms with Gasteiger partial charge in [-0.05, 0) is 42.2 Å². The van der Waals surface area contributed by atoms with Gasteiger partial charge in [-0.25, -0.2) is 8.42 Å². The minimum absolute atomic E-state index is 0.0581. The van der Waals surface area contributed by atoms with E-state index in [1.165, 1.54) is 6.07 Å². The molecule has 0 N–H and O–H groups in total. The maximum absolute atomic E-state index is 12.9. The molecular weight excluding hydrogens is 388 g/mol. The molecule has 2 atom stereocenters. The maximum atomic E-state index is 12.9. The molecule has 0 spiro atoms. The van der Waals surface area contributed by atoms with Crippen molar-refractivity contribution in [2.24, 2.45) is 5.92 Å². The molecule has 1 aliphatic carbocycles. The van der Waals surface area contributed by atoms with Gasteiger partial charge in [-0.15, -0.1) is 0 Å². The summed E-state index contributed by atoms with van der Waals surface area (Å²) in [6, 6.07) is 13.1. The SMILES string of the molecule is CC1C=CC(COc2ccc(S(=O)(=O)c3ccccc3)cc2OCC2CO2)=CC1. The monoisotopic (exact) mass is 412 g/mol. The van der Waals surface area contributed by atoms with E-state index in [0.29, 0.717) is 37.2 Å². The van der Waals surface area contributed by atoms with Crippen LogP contribution in [0.3, 0.4) is 0 Å². The first kappa shape index (κ1) is 19.7. The highest BCUT2D eigenvalue weighted by atomic mass is 32.2. The van der Waals surface area contributed by atoms with Gasteiger partial charge in [0, 0.05) is 6.07 Å². The smallest absolute Gasteiger partial charge is 0.206 e. The van der Waals surface area contributed by atoms with Crippen molar-refractivity contribution >= 4 is 9.84 Å². The van der Waals surface area contributed by atoms with Crippen molar-refractivity contribution in [2.75, 3.05) is 19.8 Å². The predicted octanol–water partition coefficient (Wildman–Crippen LogP) is 4.20. The second-order valence-corrected chi connectivity index (χ2v) is 9.28. The Bertz CT molecular complexity index is 1020. The van der Waals surface area contributed by atoms with Gasteiger partial charge < -0.3 is 14.2 Å². The van der Waals surface area contributed by atoms with Crippen molar-refractivity contribution in [3.05, 3.63) is 72.3 Å². The standard InChI is InChI=1S/C23H24O5S/c1-17-7-9-18(10-8-17)14-27-22-12-11-21(13-23(22)28-16-19-15-26-19)29(24,25)20-5-3-2-4-6-20/h2-7,9-13,17,19H,8,14-16H2,1H3. The van der Waals surface area contributed by atoms with Gasteiger partial charge in [0.2, 0.25) is 9.84 Å². The van der Waals surface area contributed by atoms with Gasteiger partial charge in [-0.3, -0.25) is 0 Å². The summed E-state index contributed by atoms with van der Waals surface area (Å²) in [4.78, 5) is 0.421. The lowest BCUT2D eigenvalue weighted by Gasteiger charge is -2.16. The third-order valence-corrected chi connectivity index (χ3v) is 6.66. The van der Waals surface area contributed by atoms with Crippen LogP contribution in [0.15, 0.2) is 82.1 Å². The molecule has 0 amide bonds. The quantitative estimate of drug-likeness (QED) is 0.608. The number of hydrogen-bond donors (Lipinski definition) is 0. The molecular formula is C23H24O5S. The minimum Gasteiger partial charge on any atom is -0.487 e. The molecule has 2 aromatic rings. The average molecular weight is 413 g/mol. The Hall–Kier alpha value is -2.57. The third kappa shape index (κ3) is 4.89. The minimum atomic E-state index is -3.63. The van der Waals surface area contributed by atoms with Crippen molar-refractivity contribution in [1.82, 2.24) is 0 Å².